The van der Waals surface area contributed by atoms with Crippen LogP contribution < -0.4 is 24.6 Å². The second kappa shape index (κ2) is 10.0. The van der Waals surface area contributed by atoms with Crippen LogP contribution in [0, 0.1) is 0 Å². The number of ketones is 1. The van der Waals surface area contributed by atoms with Crippen LogP contribution in [0.1, 0.15) is 23.7 Å². The lowest BCUT2D eigenvalue weighted by Crippen LogP contribution is -2.53. The van der Waals surface area contributed by atoms with Crippen LogP contribution in [0.3, 0.4) is 0 Å². The number of Topliss-reactive ketones (excluding diaryl/α,β-unsaturated/α-hetero) is 1. The molecule has 2 aromatic carbocycles. The number of ether oxygens (including phenoxy) is 2. The van der Waals surface area contributed by atoms with Gasteiger partial charge >= 0.3 is 6.03 Å². The standard InChI is InChI=1S/C25H30N4O5/c1-17(30)18-4-6-20(7-5-18)27-10-12-28(13-11-27)25(32)26-19-14-24(31)29(16-19)21-8-9-22(33-2)23(15-21)34-3/h4-9,15,19H,10-14,16H2,1-3H3,(H,26,32). The Labute approximate surface area is 199 Å². The van der Waals surface area contributed by atoms with Gasteiger partial charge in [0.15, 0.2) is 17.3 Å². The SMILES string of the molecule is COc1ccc(N2CC(NC(=O)N3CCN(c4ccc(C(C)=O)cc4)CC3)CC2=O)cc1OC. The maximum atomic E-state index is 12.8. The van der Waals surface area contributed by atoms with Gasteiger partial charge in [0.2, 0.25) is 5.91 Å². The van der Waals surface area contributed by atoms with Crippen LogP contribution in [-0.2, 0) is 4.79 Å². The zero-order chi connectivity index (χ0) is 24.2. The quantitative estimate of drug-likeness (QED) is 0.658. The summed E-state index contributed by atoms with van der Waals surface area (Å²) in [6.07, 6.45) is 0.253. The normalized spacial score (nSPS) is 18.1. The van der Waals surface area contributed by atoms with Crippen LogP contribution in [0.25, 0.3) is 0 Å². The number of piperazine rings is 1. The van der Waals surface area contributed by atoms with E-state index < -0.39 is 0 Å². The molecule has 9 heteroatoms. The van der Waals surface area contributed by atoms with Crippen molar-refractivity contribution in [3.05, 3.63) is 48.0 Å². The summed E-state index contributed by atoms with van der Waals surface area (Å²) in [5, 5.41) is 3.02. The monoisotopic (exact) mass is 466 g/mol. The fourth-order valence-electron chi connectivity index (χ4n) is 4.39. The number of benzene rings is 2. The molecule has 0 radical (unpaired) electrons. The lowest BCUT2D eigenvalue weighted by Gasteiger charge is -2.36. The number of carbonyl (C=O) groups excluding carboxylic acids is 3. The Kier molecular flexibility index (Phi) is 6.90. The van der Waals surface area contributed by atoms with Crippen LogP contribution >= 0.6 is 0 Å². The molecule has 2 fully saturated rings. The second-order valence-electron chi connectivity index (χ2n) is 8.47. The molecule has 3 amide bonds. The number of hydrogen-bond acceptors (Lipinski definition) is 6. The highest BCUT2D eigenvalue weighted by molar-refractivity contribution is 5.97. The van der Waals surface area contributed by atoms with Gasteiger partial charge < -0.3 is 29.5 Å². The lowest BCUT2D eigenvalue weighted by atomic mass is 10.1. The molecule has 34 heavy (non-hydrogen) atoms. The molecular formula is C25H30N4O5. The Morgan fingerprint density at radius 2 is 1.56 bits per heavy atom. The van der Waals surface area contributed by atoms with E-state index in [0.29, 0.717) is 55.5 Å². The Balaban J connectivity index is 1.31. The van der Waals surface area contributed by atoms with Crippen LogP contribution in [0.15, 0.2) is 42.5 Å². The molecule has 0 aromatic heterocycles. The molecule has 2 heterocycles. The first-order valence-corrected chi connectivity index (χ1v) is 11.3. The third-order valence-electron chi connectivity index (χ3n) is 6.34. The number of urea groups is 1. The van der Waals surface area contributed by atoms with E-state index in [0.717, 1.165) is 5.69 Å². The van der Waals surface area contributed by atoms with Crippen molar-refractivity contribution in [3.8, 4) is 11.5 Å². The summed E-state index contributed by atoms with van der Waals surface area (Å²) in [5.41, 5.74) is 2.44. The van der Waals surface area contributed by atoms with Crippen molar-refractivity contribution in [3.63, 3.8) is 0 Å². The van der Waals surface area contributed by atoms with Crippen molar-refractivity contribution in [2.45, 2.75) is 19.4 Å². The Hall–Kier alpha value is -3.75. The van der Waals surface area contributed by atoms with Gasteiger partial charge in [-0.3, -0.25) is 9.59 Å². The Morgan fingerprint density at radius 3 is 2.18 bits per heavy atom. The van der Waals surface area contributed by atoms with E-state index in [1.165, 1.54) is 0 Å². The van der Waals surface area contributed by atoms with Crippen LogP contribution in [0.4, 0.5) is 16.2 Å². The van der Waals surface area contributed by atoms with E-state index in [-0.39, 0.29) is 30.2 Å². The third kappa shape index (κ3) is 4.93. The smallest absolute Gasteiger partial charge is 0.317 e. The molecule has 9 nitrogen and oxygen atoms in total. The molecule has 2 saturated heterocycles. The maximum Gasteiger partial charge on any atom is 0.317 e. The fourth-order valence-corrected chi connectivity index (χ4v) is 4.39. The molecule has 2 aromatic rings. The zero-order valence-corrected chi connectivity index (χ0v) is 19.7. The van der Waals surface area contributed by atoms with Crippen molar-refractivity contribution in [1.82, 2.24) is 10.2 Å². The minimum atomic E-state index is -0.259. The molecule has 0 spiro atoms. The molecule has 1 N–H and O–H groups in total. The van der Waals surface area contributed by atoms with Gasteiger partial charge in [-0.15, -0.1) is 0 Å². The van der Waals surface area contributed by atoms with Gasteiger partial charge in [0.1, 0.15) is 0 Å². The largest absolute Gasteiger partial charge is 0.493 e. The van der Waals surface area contributed by atoms with Crippen LogP contribution in [0.2, 0.25) is 0 Å². The highest BCUT2D eigenvalue weighted by Crippen LogP contribution is 2.33. The first-order valence-electron chi connectivity index (χ1n) is 11.3. The van der Waals surface area contributed by atoms with E-state index in [2.05, 4.69) is 10.2 Å². The topological polar surface area (TPSA) is 91.4 Å². The minimum Gasteiger partial charge on any atom is -0.493 e. The average molecular weight is 467 g/mol. The summed E-state index contributed by atoms with van der Waals surface area (Å²) in [6.45, 7) is 4.53. The number of methoxy groups -OCH3 is 2. The Morgan fingerprint density at radius 1 is 0.912 bits per heavy atom. The molecule has 1 unspecified atom stereocenters. The van der Waals surface area contributed by atoms with E-state index in [1.54, 1.807) is 43.1 Å². The van der Waals surface area contributed by atoms with Gasteiger partial charge in [0.25, 0.3) is 0 Å². The number of hydrogen-bond donors (Lipinski definition) is 1. The van der Waals surface area contributed by atoms with Crippen molar-refractivity contribution >= 4 is 29.1 Å². The molecule has 4 rings (SSSR count). The molecule has 1 atom stereocenters. The van der Waals surface area contributed by atoms with Crippen LogP contribution in [0.5, 0.6) is 11.5 Å². The van der Waals surface area contributed by atoms with E-state index in [1.807, 2.05) is 30.3 Å². The number of nitrogens with zero attached hydrogens (tertiary/aromatic N) is 3. The first kappa shape index (κ1) is 23.4. The van der Waals surface area contributed by atoms with Gasteiger partial charge in [-0.2, -0.15) is 0 Å². The van der Waals surface area contributed by atoms with Crippen molar-refractivity contribution in [1.29, 1.82) is 0 Å². The van der Waals surface area contributed by atoms with Crippen molar-refractivity contribution < 1.29 is 23.9 Å². The van der Waals surface area contributed by atoms with Crippen molar-refractivity contribution in [2.75, 3.05) is 56.7 Å². The van der Waals surface area contributed by atoms with Gasteiger partial charge in [-0.25, -0.2) is 4.79 Å². The predicted octanol–water partition coefficient (Wildman–Crippen LogP) is 2.54. The van der Waals surface area contributed by atoms with Gasteiger partial charge in [-0.1, -0.05) is 0 Å². The summed E-state index contributed by atoms with van der Waals surface area (Å²) in [5.74, 6) is 1.14. The first-order chi connectivity index (χ1) is 16.4. The van der Waals surface area contributed by atoms with Gasteiger partial charge in [-0.05, 0) is 43.3 Å². The molecular weight excluding hydrogens is 436 g/mol. The minimum absolute atomic E-state index is 0.0446. The molecule has 0 saturated carbocycles. The second-order valence-corrected chi connectivity index (χ2v) is 8.47. The molecule has 0 bridgehead atoms. The zero-order valence-electron chi connectivity index (χ0n) is 19.7. The van der Waals surface area contributed by atoms with Gasteiger partial charge in [0.05, 0.1) is 20.3 Å². The summed E-state index contributed by atoms with van der Waals surface area (Å²) in [6, 6.07) is 12.5. The van der Waals surface area contributed by atoms with Crippen molar-refractivity contribution in [2.24, 2.45) is 0 Å². The number of anilines is 2. The number of amides is 3. The number of nitrogens with one attached hydrogen (secondary N) is 1. The van der Waals surface area contributed by atoms with E-state index >= 15 is 0 Å². The third-order valence-corrected chi connectivity index (χ3v) is 6.34. The molecule has 180 valence electrons. The molecule has 0 aliphatic carbocycles. The predicted molar refractivity (Wildman–Crippen MR) is 129 cm³/mol. The van der Waals surface area contributed by atoms with Gasteiger partial charge in [0, 0.05) is 62.1 Å². The highest BCUT2D eigenvalue weighted by Gasteiger charge is 2.33. The summed E-state index contributed by atoms with van der Waals surface area (Å²) in [7, 11) is 3.12. The maximum absolute atomic E-state index is 12.8. The highest BCUT2D eigenvalue weighted by atomic mass is 16.5. The number of carbonyl (C=O) groups is 3. The summed E-state index contributed by atoms with van der Waals surface area (Å²) in [4.78, 5) is 42.6. The van der Waals surface area contributed by atoms with Crippen LogP contribution in [-0.4, -0.2) is 75.6 Å². The summed E-state index contributed by atoms with van der Waals surface area (Å²) >= 11 is 0. The summed E-state index contributed by atoms with van der Waals surface area (Å²) < 4.78 is 10.6. The average Bonchev–Trinajstić information content (AvgIpc) is 3.23. The fraction of sp³-hybridized carbons (Fsp3) is 0.400. The number of rotatable bonds is 6. The Bertz CT molecular complexity index is 1060. The molecule has 2 aliphatic heterocycles. The van der Waals surface area contributed by atoms with E-state index in [4.69, 9.17) is 9.47 Å². The van der Waals surface area contributed by atoms with E-state index in [9.17, 15) is 14.4 Å². The molecule has 2 aliphatic rings. The lowest BCUT2D eigenvalue weighted by molar-refractivity contribution is -0.117.